The first-order valence-corrected chi connectivity index (χ1v) is 11.9. The fraction of sp³-hybridized carbons (Fsp3) is 0.462. The molecule has 37 heavy (non-hydrogen) atoms. The molecular weight excluding hydrogens is 480 g/mol. The monoisotopic (exact) mass is 510 g/mol. The van der Waals surface area contributed by atoms with E-state index in [-0.39, 0.29) is 23.1 Å². The Labute approximate surface area is 212 Å². The number of anilines is 1. The van der Waals surface area contributed by atoms with E-state index in [1.54, 1.807) is 19.0 Å². The molecule has 196 valence electrons. The summed E-state index contributed by atoms with van der Waals surface area (Å²) in [4.78, 5) is 47.4. The third kappa shape index (κ3) is 2.95. The van der Waals surface area contributed by atoms with Gasteiger partial charge in [0.15, 0.2) is 23.4 Å². The van der Waals surface area contributed by atoms with Crippen molar-refractivity contribution in [3.8, 4) is 0 Å². The number of rotatable bonds is 3. The van der Waals surface area contributed by atoms with E-state index in [9.17, 15) is 29.7 Å². The lowest BCUT2D eigenvalue weighted by Crippen LogP contribution is -2.64. The third-order valence-corrected chi connectivity index (χ3v) is 8.35. The molecule has 0 spiro atoms. The fourth-order valence-electron chi connectivity index (χ4n) is 6.65. The van der Waals surface area contributed by atoms with Gasteiger partial charge < -0.3 is 30.4 Å². The molecule has 3 aliphatic carbocycles. The smallest absolute Gasteiger partial charge is 0.255 e. The minimum Gasteiger partial charge on any atom is -0.510 e. The molecular formula is C26H30N4O7. The third-order valence-electron chi connectivity index (χ3n) is 8.35. The summed E-state index contributed by atoms with van der Waals surface area (Å²) in [5.41, 5.74) is 3.38. The van der Waals surface area contributed by atoms with Crippen molar-refractivity contribution in [3.05, 3.63) is 46.3 Å². The molecule has 1 aromatic carbocycles. The van der Waals surface area contributed by atoms with Crippen molar-refractivity contribution in [3.63, 3.8) is 0 Å². The summed E-state index contributed by atoms with van der Waals surface area (Å²) in [7, 11) is 6.92. The number of ketones is 2. The van der Waals surface area contributed by atoms with E-state index in [0.717, 1.165) is 5.69 Å². The zero-order valence-corrected chi connectivity index (χ0v) is 21.5. The van der Waals surface area contributed by atoms with Gasteiger partial charge >= 0.3 is 0 Å². The standard InChI is InChI=1S/C26H30N4O7/c1-25(2)10-7-11-18(30(5)6)20(32)16(24(27)35)23(34)26(11,36)22(33)14(10)19(31)15-17(25)13(29(3)4)8-12-21(15)37-9-28-12/h8-11,18,32-33,36H,7H2,1-6H3,(H2,27,35)/t10-,11-,18-,26-/m0/s1. The number of benzene rings is 1. The van der Waals surface area contributed by atoms with Gasteiger partial charge in [0, 0.05) is 37.2 Å². The van der Waals surface area contributed by atoms with Crippen molar-refractivity contribution in [2.24, 2.45) is 17.6 Å². The van der Waals surface area contributed by atoms with Crippen LogP contribution in [0.25, 0.3) is 11.1 Å². The number of Topliss-reactive ketones (excluding diaryl/α,β-unsaturated/α-hetero) is 2. The van der Waals surface area contributed by atoms with Crippen LogP contribution in [0, 0.1) is 11.8 Å². The summed E-state index contributed by atoms with van der Waals surface area (Å²) in [5, 5.41) is 34.4. The van der Waals surface area contributed by atoms with E-state index in [4.69, 9.17) is 10.2 Å². The maximum atomic E-state index is 14.1. The van der Waals surface area contributed by atoms with Crippen LogP contribution in [0.15, 0.2) is 39.5 Å². The number of carbonyl (C=O) groups is 3. The number of primary amides is 1. The van der Waals surface area contributed by atoms with Crippen molar-refractivity contribution in [2.45, 2.75) is 37.3 Å². The number of likely N-dealkylation sites (N-methyl/N-ethyl adjacent to an activating group) is 1. The van der Waals surface area contributed by atoms with Crippen molar-refractivity contribution >= 4 is 34.3 Å². The summed E-state index contributed by atoms with van der Waals surface area (Å²) in [5.74, 6) is -6.17. The highest BCUT2D eigenvalue weighted by atomic mass is 16.4. The second kappa shape index (κ2) is 7.65. The average Bonchev–Trinajstić information content (AvgIpc) is 3.26. The second-order valence-corrected chi connectivity index (χ2v) is 11.1. The Hall–Kier alpha value is -3.70. The molecule has 0 fully saturated rings. The molecule has 5 rings (SSSR count). The highest BCUT2D eigenvalue weighted by molar-refractivity contribution is 6.25. The van der Waals surface area contributed by atoms with Crippen LogP contribution in [-0.4, -0.2) is 82.5 Å². The predicted octanol–water partition coefficient (Wildman–Crippen LogP) is 1.36. The van der Waals surface area contributed by atoms with E-state index < -0.39 is 63.5 Å². The van der Waals surface area contributed by atoms with Crippen LogP contribution in [0.2, 0.25) is 0 Å². The maximum Gasteiger partial charge on any atom is 0.255 e. The Morgan fingerprint density at radius 2 is 1.84 bits per heavy atom. The van der Waals surface area contributed by atoms with Crippen molar-refractivity contribution < 1.29 is 34.1 Å². The van der Waals surface area contributed by atoms with Crippen LogP contribution in [0.1, 0.15) is 36.2 Å². The van der Waals surface area contributed by atoms with E-state index in [1.165, 1.54) is 6.39 Å². The number of oxazole rings is 1. The largest absolute Gasteiger partial charge is 0.510 e. The summed E-state index contributed by atoms with van der Waals surface area (Å²) >= 11 is 0. The van der Waals surface area contributed by atoms with Crippen LogP contribution < -0.4 is 10.6 Å². The lowest BCUT2D eigenvalue weighted by Gasteiger charge is -2.53. The van der Waals surface area contributed by atoms with E-state index in [0.29, 0.717) is 11.1 Å². The summed E-state index contributed by atoms with van der Waals surface area (Å²) in [6, 6.07) is 0.812. The van der Waals surface area contributed by atoms with Gasteiger partial charge in [0.25, 0.3) is 5.91 Å². The van der Waals surface area contributed by atoms with Crippen LogP contribution in [0.5, 0.6) is 0 Å². The lowest BCUT2D eigenvalue weighted by atomic mass is 9.52. The zero-order chi connectivity index (χ0) is 27.4. The molecule has 4 atom stereocenters. The number of allylic oxidation sites excluding steroid dienone is 1. The molecule has 3 aliphatic rings. The van der Waals surface area contributed by atoms with Gasteiger partial charge in [-0.05, 0) is 37.6 Å². The van der Waals surface area contributed by atoms with Crippen LogP contribution in [0.4, 0.5) is 5.69 Å². The molecule has 0 bridgehead atoms. The molecule has 0 saturated heterocycles. The number of aromatic nitrogens is 1. The van der Waals surface area contributed by atoms with Gasteiger partial charge in [0.05, 0.1) is 11.6 Å². The van der Waals surface area contributed by atoms with Crippen molar-refractivity contribution in [1.29, 1.82) is 0 Å². The number of hydrogen-bond acceptors (Lipinski definition) is 10. The number of carbonyl (C=O) groups excluding carboxylic acids is 3. The number of nitrogens with two attached hydrogens (primary N) is 1. The first-order chi connectivity index (χ1) is 17.2. The molecule has 0 radical (unpaired) electrons. The van der Waals surface area contributed by atoms with Gasteiger partial charge in [-0.2, -0.15) is 0 Å². The molecule has 0 saturated carbocycles. The van der Waals surface area contributed by atoms with Crippen LogP contribution >= 0.6 is 0 Å². The number of hydrogen-bond donors (Lipinski definition) is 4. The minimum absolute atomic E-state index is 0.0556. The Morgan fingerprint density at radius 3 is 2.41 bits per heavy atom. The van der Waals surface area contributed by atoms with E-state index >= 15 is 0 Å². The first-order valence-electron chi connectivity index (χ1n) is 11.9. The fourth-order valence-corrected chi connectivity index (χ4v) is 6.65. The molecule has 1 aromatic heterocycles. The van der Waals surface area contributed by atoms with Gasteiger partial charge in [-0.25, -0.2) is 4.98 Å². The number of aliphatic hydroxyl groups excluding tert-OH is 2. The molecule has 0 unspecified atom stereocenters. The van der Waals surface area contributed by atoms with E-state index in [1.807, 2.05) is 38.9 Å². The van der Waals surface area contributed by atoms with Crippen LogP contribution in [0.3, 0.4) is 0 Å². The van der Waals surface area contributed by atoms with E-state index in [2.05, 4.69) is 4.98 Å². The molecule has 5 N–H and O–H groups in total. The minimum atomic E-state index is -2.64. The van der Waals surface area contributed by atoms with Crippen LogP contribution in [-0.2, 0) is 15.0 Å². The van der Waals surface area contributed by atoms with Gasteiger partial charge in [0.2, 0.25) is 5.78 Å². The Bertz CT molecular complexity index is 1460. The average molecular weight is 511 g/mol. The summed E-state index contributed by atoms with van der Waals surface area (Å²) < 4.78 is 5.60. The highest BCUT2D eigenvalue weighted by Gasteiger charge is 2.65. The van der Waals surface area contributed by atoms with Gasteiger partial charge in [-0.3, -0.25) is 19.3 Å². The summed E-state index contributed by atoms with van der Waals surface area (Å²) in [6.07, 6.45) is 1.29. The first kappa shape index (κ1) is 25.0. The number of nitrogens with zero attached hydrogens (tertiary/aromatic N) is 3. The maximum absolute atomic E-state index is 14.1. The van der Waals surface area contributed by atoms with Gasteiger partial charge in [0.1, 0.15) is 22.6 Å². The highest BCUT2D eigenvalue weighted by Crippen LogP contribution is 2.58. The molecule has 2 aromatic rings. The topological polar surface area (TPSA) is 170 Å². The molecule has 1 amide bonds. The quantitative estimate of drug-likeness (QED) is 0.442. The SMILES string of the molecule is CN(C)c1cc2ncoc2c2c1C(C)(C)[C@H]1C[C@H]3[C@H](N(C)C)C(O)=C(C(N)=O)C(=O)[C@@]3(O)C(O)=C1C2=O. The molecule has 11 nitrogen and oxygen atoms in total. The zero-order valence-electron chi connectivity index (χ0n) is 21.5. The number of amides is 1. The Balaban J connectivity index is 1.86. The molecule has 0 aliphatic heterocycles. The predicted molar refractivity (Wildman–Crippen MR) is 133 cm³/mol. The van der Waals surface area contributed by atoms with Crippen molar-refractivity contribution in [1.82, 2.24) is 9.88 Å². The molecule has 1 heterocycles. The number of aliphatic hydroxyl groups is 3. The Morgan fingerprint density at radius 1 is 1.19 bits per heavy atom. The lowest BCUT2D eigenvalue weighted by molar-refractivity contribution is -0.149. The second-order valence-electron chi connectivity index (χ2n) is 11.1. The Kier molecular flexibility index (Phi) is 5.17. The molecule has 11 heteroatoms. The summed E-state index contributed by atoms with van der Waals surface area (Å²) in [6.45, 7) is 3.85. The normalized spacial score (nSPS) is 28.9. The van der Waals surface area contributed by atoms with Crippen molar-refractivity contribution in [2.75, 3.05) is 33.1 Å². The van der Waals surface area contributed by atoms with Gasteiger partial charge in [-0.15, -0.1) is 0 Å². The number of fused-ring (bicyclic) bond motifs is 5. The van der Waals surface area contributed by atoms with Gasteiger partial charge in [-0.1, -0.05) is 13.8 Å².